The number of nitrogens with two attached hydrogens (primary N) is 1. The van der Waals surface area contributed by atoms with Gasteiger partial charge in [0, 0.05) is 37.7 Å². The van der Waals surface area contributed by atoms with Gasteiger partial charge in [-0.15, -0.1) is 0 Å². The molecule has 1 unspecified atom stereocenters. The van der Waals surface area contributed by atoms with Crippen molar-refractivity contribution < 1.29 is 24.3 Å². The fourth-order valence-corrected chi connectivity index (χ4v) is 4.02. The molecule has 1 aliphatic heterocycles. The molecule has 1 aromatic carbocycles. The molecule has 0 spiro atoms. The molecule has 202 valence electrons. The quantitative estimate of drug-likeness (QED) is 0.185. The smallest absolute Gasteiger partial charge is 0.410 e. The average Bonchev–Trinajstić information content (AvgIpc) is 2.87. The van der Waals surface area contributed by atoms with Gasteiger partial charge in [-0.3, -0.25) is 15.4 Å². The third kappa shape index (κ3) is 9.12. The van der Waals surface area contributed by atoms with Gasteiger partial charge in [0.05, 0.1) is 11.5 Å². The number of nitrogens with one attached hydrogen (secondary N) is 2. The zero-order valence-corrected chi connectivity index (χ0v) is 21.1. The SMILES string of the molecule is CCNC(O)CO[C@H](C)Nc1cc(N)nc(CCC2CCN(C(=O)Oc3ccc([N+](=O)[O-])cc3)CC2)n1. The van der Waals surface area contributed by atoms with E-state index in [2.05, 4.69) is 20.6 Å². The van der Waals surface area contributed by atoms with Gasteiger partial charge in [0.1, 0.15) is 35.7 Å². The van der Waals surface area contributed by atoms with Crippen LogP contribution >= 0.6 is 0 Å². The highest BCUT2D eigenvalue weighted by Crippen LogP contribution is 2.24. The summed E-state index contributed by atoms with van der Waals surface area (Å²) in [7, 11) is 0. The lowest BCUT2D eigenvalue weighted by Gasteiger charge is -2.31. The number of rotatable bonds is 12. The highest BCUT2D eigenvalue weighted by molar-refractivity contribution is 5.70. The second-order valence-electron chi connectivity index (χ2n) is 8.88. The van der Waals surface area contributed by atoms with Crippen LogP contribution in [0.15, 0.2) is 30.3 Å². The number of carbonyl (C=O) groups excluding carboxylic acids is 1. The van der Waals surface area contributed by atoms with Crippen LogP contribution in [0.25, 0.3) is 0 Å². The Labute approximate surface area is 215 Å². The number of aliphatic hydroxyl groups excluding tert-OH is 1. The van der Waals surface area contributed by atoms with Gasteiger partial charge in [0.25, 0.3) is 5.69 Å². The van der Waals surface area contributed by atoms with Gasteiger partial charge in [-0.1, -0.05) is 6.92 Å². The first-order chi connectivity index (χ1) is 17.7. The number of nitro groups is 1. The van der Waals surface area contributed by atoms with Gasteiger partial charge in [0.15, 0.2) is 0 Å². The molecule has 3 rings (SSSR count). The standard InChI is InChI=1S/C24H35N7O6/c1-3-26-23(32)15-36-16(2)27-22-14-20(25)28-21(29-22)9-4-17-10-12-30(13-11-17)24(33)37-19-7-5-18(6-8-19)31(34)35/h5-8,14,16-17,23,26,32H,3-4,9-13,15H2,1-2H3,(H3,25,27,28,29)/t16-,23?/m1/s1. The topological polar surface area (TPSA) is 178 Å². The van der Waals surface area contributed by atoms with Gasteiger partial charge >= 0.3 is 6.09 Å². The first kappa shape index (κ1) is 28.0. The number of aryl methyl sites for hydroxylation is 1. The van der Waals surface area contributed by atoms with Gasteiger partial charge in [-0.05, 0) is 50.8 Å². The molecular formula is C24H35N7O6. The summed E-state index contributed by atoms with van der Waals surface area (Å²) < 4.78 is 10.9. The van der Waals surface area contributed by atoms with E-state index in [0.717, 1.165) is 19.3 Å². The molecule has 1 fully saturated rings. The number of hydrogen-bond acceptors (Lipinski definition) is 11. The van der Waals surface area contributed by atoms with Crippen LogP contribution in [0.2, 0.25) is 0 Å². The van der Waals surface area contributed by atoms with E-state index in [1.807, 2.05) is 13.8 Å². The highest BCUT2D eigenvalue weighted by Gasteiger charge is 2.24. The minimum absolute atomic E-state index is 0.0599. The average molecular weight is 518 g/mol. The number of aromatic nitrogens is 2. The molecule has 2 heterocycles. The Balaban J connectivity index is 1.42. The molecule has 1 saturated heterocycles. The third-order valence-corrected chi connectivity index (χ3v) is 5.99. The lowest BCUT2D eigenvalue weighted by molar-refractivity contribution is -0.384. The number of amides is 1. The Bertz CT molecular complexity index is 1030. The zero-order valence-electron chi connectivity index (χ0n) is 21.1. The summed E-state index contributed by atoms with van der Waals surface area (Å²) in [6.45, 7) is 5.62. The fraction of sp³-hybridized carbons (Fsp3) is 0.542. The Morgan fingerprint density at radius 3 is 2.65 bits per heavy atom. The van der Waals surface area contributed by atoms with Crippen molar-refractivity contribution in [3.8, 4) is 5.75 Å². The van der Waals surface area contributed by atoms with Crippen molar-refractivity contribution in [1.82, 2.24) is 20.2 Å². The predicted octanol–water partition coefficient (Wildman–Crippen LogP) is 2.51. The Morgan fingerprint density at radius 1 is 1.30 bits per heavy atom. The van der Waals surface area contributed by atoms with Gasteiger partial charge in [-0.25, -0.2) is 14.8 Å². The van der Waals surface area contributed by atoms with E-state index in [4.69, 9.17) is 15.2 Å². The number of ether oxygens (including phenoxy) is 2. The zero-order chi connectivity index (χ0) is 26.8. The van der Waals surface area contributed by atoms with Crippen LogP contribution in [-0.2, 0) is 11.2 Å². The van der Waals surface area contributed by atoms with Crippen molar-refractivity contribution >= 4 is 23.4 Å². The van der Waals surface area contributed by atoms with E-state index in [-0.39, 0.29) is 24.3 Å². The van der Waals surface area contributed by atoms with E-state index in [1.165, 1.54) is 24.3 Å². The molecule has 0 aliphatic carbocycles. The second kappa shape index (κ2) is 13.7. The number of non-ortho nitro benzene ring substituents is 1. The summed E-state index contributed by atoms with van der Waals surface area (Å²) in [5.74, 6) is 2.21. The maximum absolute atomic E-state index is 12.5. The molecule has 37 heavy (non-hydrogen) atoms. The number of hydrogen-bond donors (Lipinski definition) is 4. The lowest BCUT2D eigenvalue weighted by Crippen LogP contribution is -2.40. The maximum Gasteiger partial charge on any atom is 0.415 e. The van der Waals surface area contributed by atoms with Crippen LogP contribution in [0.1, 0.15) is 38.9 Å². The monoisotopic (exact) mass is 517 g/mol. The number of aliphatic hydroxyl groups is 1. The van der Waals surface area contributed by atoms with Crippen LogP contribution in [0.4, 0.5) is 22.1 Å². The molecule has 2 atom stereocenters. The summed E-state index contributed by atoms with van der Waals surface area (Å²) in [6.07, 6.45) is 1.56. The van der Waals surface area contributed by atoms with Gasteiger partial charge in [0.2, 0.25) is 0 Å². The van der Waals surface area contributed by atoms with E-state index in [1.54, 1.807) is 11.0 Å². The normalized spacial score (nSPS) is 15.7. The molecule has 2 aromatic rings. The predicted molar refractivity (Wildman–Crippen MR) is 137 cm³/mol. The summed E-state index contributed by atoms with van der Waals surface area (Å²) in [4.78, 5) is 33.2. The number of likely N-dealkylation sites (N-methyl/N-ethyl adjacent to an activating group) is 1. The van der Waals surface area contributed by atoms with Crippen LogP contribution < -0.4 is 21.1 Å². The summed E-state index contributed by atoms with van der Waals surface area (Å²) in [5.41, 5.74) is 5.91. The van der Waals surface area contributed by atoms with E-state index in [0.29, 0.717) is 49.4 Å². The van der Waals surface area contributed by atoms with Gasteiger partial charge in [-0.2, -0.15) is 0 Å². The molecule has 13 nitrogen and oxygen atoms in total. The number of benzene rings is 1. The fourth-order valence-electron chi connectivity index (χ4n) is 4.02. The van der Waals surface area contributed by atoms with Crippen molar-refractivity contribution in [2.45, 2.75) is 52.0 Å². The molecule has 1 aromatic heterocycles. The van der Waals surface area contributed by atoms with Crippen molar-refractivity contribution in [2.24, 2.45) is 5.92 Å². The van der Waals surface area contributed by atoms with Crippen LogP contribution in [0.5, 0.6) is 5.75 Å². The first-order valence-corrected chi connectivity index (χ1v) is 12.4. The molecule has 1 aliphatic rings. The maximum atomic E-state index is 12.5. The first-order valence-electron chi connectivity index (χ1n) is 12.4. The minimum atomic E-state index is -0.740. The highest BCUT2D eigenvalue weighted by atomic mass is 16.6. The van der Waals surface area contributed by atoms with Crippen molar-refractivity contribution in [2.75, 3.05) is 37.3 Å². The number of anilines is 2. The molecule has 0 radical (unpaired) electrons. The van der Waals surface area contributed by atoms with Crippen LogP contribution in [0.3, 0.4) is 0 Å². The number of nitrogen functional groups attached to an aromatic ring is 1. The number of likely N-dealkylation sites (tertiary alicyclic amines) is 1. The summed E-state index contributed by atoms with van der Waals surface area (Å²) >= 11 is 0. The largest absolute Gasteiger partial charge is 0.415 e. The number of nitro benzene ring substituents is 1. The van der Waals surface area contributed by atoms with E-state index < -0.39 is 17.2 Å². The molecule has 1 amide bonds. The summed E-state index contributed by atoms with van der Waals surface area (Å²) in [6, 6.07) is 7.07. The van der Waals surface area contributed by atoms with E-state index in [9.17, 15) is 20.0 Å². The molecule has 0 saturated carbocycles. The third-order valence-electron chi connectivity index (χ3n) is 5.99. The van der Waals surface area contributed by atoms with Gasteiger partial charge < -0.3 is 30.5 Å². The Hall–Kier alpha value is -3.55. The summed E-state index contributed by atoms with van der Waals surface area (Å²) in [5, 5.41) is 26.5. The van der Waals surface area contributed by atoms with Crippen molar-refractivity contribution in [3.63, 3.8) is 0 Å². The molecule has 0 bridgehead atoms. The van der Waals surface area contributed by atoms with Crippen molar-refractivity contribution in [1.29, 1.82) is 0 Å². The Kier molecular flexibility index (Phi) is 10.4. The molecule has 5 N–H and O–H groups in total. The number of carbonyl (C=O) groups is 1. The number of nitrogens with zero attached hydrogens (tertiary/aromatic N) is 4. The second-order valence-corrected chi connectivity index (χ2v) is 8.88. The van der Waals surface area contributed by atoms with Crippen molar-refractivity contribution in [3.05, 3.63) is 46.3 Å². The lowest BCUT2D eigenvalue weighted by atomic mass is 9.92. The van der Waals surface area contributed by atoms with E-state index >= 15 is 0 Å². The molecule has 13 heteroatoms. The van der Waals surface area contributed by atoms with Crippen LogP contribution in [-0.4, -0.2) is 69.7 Å². The number of piperidine rings is 1. The van der Waals surface area contributed by atoms with Crippen LogP contribution in [0, 0.1) is 16.0 Å². The molecular weight excluding hydrogens is 482 g/mol. The Morgan fingerprint density at radius 2 is 2.00 bits per heavy atom. The minimum Gasteiger partial charge on any atom is -0.410 e.